The molecule has 30 heavy (non-hydrogen) atoms. The van der Waals surface area contributed by atoms with E-state index >= 15 is 0 Å². The maximum absolute atomic E-state index is 12.7. The van der Waals surface area contributed by atoms with Gasteiger partial charge in [-0.05, 0) is 71.8 Å². The minimum atomic E-state index is -4.03. The van der Waals surface area contributed by atoms with Crippen LogP contribution in [0.1, 0.15) is 18.1 Å². The van der Waals surface area contributed by atoms with Crippen LogP contribution in [0.15, 0.2) is 63.5 Å². The molecule has 0 saturated heterocycles. The van der Waals surface area contributed by atoms with Gasteiger partial charge in [0, 0.05) is 6.54 Å². The van der Waals surface area contributed by atoms with Gasteiger partial charge in [0.25, 0.3) is 0 Å². The van der Waals surface area contributed by atoms with Gasteiger partial charge in [0.15, 0.2) is 16.6 Å². The van der Waals surface area contributed by atoms with Crippen molar-refractivity contribution in [3.63, 3.8) is 0 Å². The number of halogens is 1. The Morgan fingerprint density at radius 3 is 2.63 bits per heavy atom. The van der Waals surface area contributed by atoms with Gasteiger partial charge < -0.3 is 14.2 Å². The second-order valence-corrected chi connectivity index (χ2v) is 8.79. The zero-order chi connectivity index (χ0) is 22.1. The van der Waals surface area contributed by atoms with Crippen LogP contribution in [0.5, 0.6) is 11.5 Å². The van der Waals surface area contributed by atoms with E-state index in [1.165, 1.54) is 18.3 Å². The molecule has 10 heteroatoms. The predicted molar refractivity (Wildman–Crippen MR) is 126 cm³/mol. The lowest BCUT2D eigenvalue weighted by Gasteiger charge is -2.14. The molecule has 160 valence electrons. The van der Waals surface area contributed by atoms with Gasteiger partial charge in [-0.25, -0.2) is 0 Å². The normalized spacial score (nSPS) is 11.2. The number of ether oxygens (including phenoxy) is 1. The van der Waals surface area contributed by atoms with Crippen LogP contribution in [0.4, 0.5) is 0 Å². The van der Waals surface area contributed by atoms with Crippen molar-refractivity contribution < 1.29 is 17.3 Å². The Morgan fingerprint density at radius 2 is 2.00 bits per heavy atom. The van der Waals surface area contributed by atoms with Crippen LogP contribution in [0.3, 0.4) is 0 Å². The minimum Gasteiger partial charge on any atom is -0.490 e. The van der Waals surface area contributed by atoms with E-state index in [1.54, 1.807) is 37.3 Å². The van der Waals surface area contributed by atoms with E-state index in [1.807, 2.05) is 6.92 Å². The van der Waals surface area contributed by atoms with Crippen LogP contribution in [-0.4, -0.2) is 32.9 Å². The van der Waals surface area contributed by atoms with Gasteiger partial charge in [-0.15, -0.1) is 6.58 Å². The lowest BCUT2D eigenvalue weighted by Crippen LogP contribution is -2.31. The zero-order valence-electron chi connectivity index (χ0n) is 16.5. The lowest BCUT2D eigenvalue weighted by atomic mass is 10.2. The number of thiocarbonyl (C=S) groups is 1. The van der Waals surface area contributed by atoms with Crippen LogP contribution < -0.4 is 19.7 Å². The first-order chi connectivity index (χ1) is 14.3. The third-order valence-electron chi connectivity index (χ3n) is 3.62. The molecule has 0 amide bonds. The van der Waals surface area contributed by atoms with E-state index in [2.05, 4.69) is 38.4 Å². The largest absolute Gasteiger partial charge is 0.490 e. The summed E-state index contributed by atoms with van der Waals surface area (Å²) in [6, 6.07) is 9.68. The molecule has 2 aromatic carbocycles. The van der Waals surface area contributed by atoms with Crippen molar-refractivity contribution in [3.05, 3.63) is 64.7 Å². The highest BCUT2D eigenvalue weighted by Gasteiger charge is 2.22. The van der Waals surface area contributed by atoms with E-state index in [9.17, 15) is 8.42 Å². The van der Waals surface area contributed by atoms with Crippen LogP contribution in [0.2, 0.25) is 0 Å². The molecule has 0 aliphatic rings. The smallest absolute Gasteiger partial charge is 0.339 e. The Bertz CT molecular complexity index is 1040. The molecule has 0 fully saturated rings. The van der Waals surface area contributed by atoms with Gasteiger partial charge in [0.1, 0.15) is 4.90 Å². The summed E-state index contributed by atoms with van der Waals surface area (Å²) < 4.78 is 36.7. The highest BCUT2D eigenvalue weighted by Crippen LogP contribution is 2.38. The highest BCUT2D eigenvalue weighted by atomic mass is 79.9. The summed E-state index contributed by atoms with van der Waals surface area (Å²) >= 11 is 8.42. The molecule has 0 aliphatic carbocycles. The van der Waals surface area contributed by atoms with E-state index in [4.69, 9.17) is 21.1 Å². The number of hydrogen-bond donors (Lipinski definition) is 2. The molecular weight excluding hydrogens is 490 g/mol. The van der Waals surface area contributed by atoms with Crippen molar-refractivity contribution in [2.75, 3.05) is 13.2 Å². The average molecular weight is 512 g/mol. The van der Waals surface area contributed by atoms with Gasteiger partial charge in [-0.2, -0.15) is 13.5 Å². The Morgan fingerprint density at radius 1 is 1.30 bits per heavy atom. The van der Waals surface area contributed by atoms with Gasteiger partial charge in [0.2, 0.25) is 0 Å². The first-order valence-electron chi connectivity index (χ1n) is 8.92. The second kappa shape index (κ2) is 11.1. The topological polar surface area (TPSA) is 89.0 Å². The Hall–Kier alpha value is -2.43. The molecule has 0 aliphatic heterocycles. The number of hydrogen-bond acceptors (Lipinski definition) is 6. The second-order valence-electron chi connectivity index (χ2n) is 5.98. The highest BCUT2D eigenvalue weighted by molar-refractivity contribution is 9.10. The number of hydrazone groups is 1. The van der Waals surface area contributed by atoms with E-state index in [0.29, 0.717) is 28.3 Å². The number of nitrogens with zero attached hydrogens (tertiary/aromatic N) is 1. The first-order valence-corrected chi connectivity index (χ1v) is 11.5. The Kier molecular flexibility index (Phi) is 8.82. The molecule has 0 heterocycles. The standard InChI is InChI=1S/C20H22BrN3O4S2/c1-4-10-22-20(29)24-23-13-15-11-17(21)19(18(12-15)27-5-2)28-30(25,26)16-8-6-14(3)7-9-16/h4,6-9,11-13H,1,5,10H2,2-3H3,(H2,22,24,29). The third-order valence-corrected chi connectivity index (χ3v) is 5.68. The summed E-state index contributed by atoms with van der Waals surface area (Å²) in [7, 11) is -4.03. The molecule has 2 aromatic rings. The molecule has 0 radical (unpaired) electrons. The molecular formula is C20H22BrN3O4S2. The van der Waals surface area contributed by atoms with Crippen molar-refractivity contribution in [3.8, 4) is 11.5 Å². The monoisotopic (exact) mass is 511 g/mol. The van der Waals surface area contributed by atoms with Gasteiger partial charge >= 0.3 is 10.1 Å². The van der Waals surface area contributed by atoms with Crippen molar-refractivity contribution in [2.45, 2.75) is 18.7 Å². The third kappa shape index (κ3) is 6.82. The quantitative estimate of drug-likeness (QED) is 0.173. The van der Waals surface area contributed by atoms with Gasteiger partial charge in [-0.1, -0.05) is 23.8 Å². The summed E-state index contributed by atoms with van der Waals surface area (Å²) in [4.78, 5) is 0.0535. The molecule has 0 aromatic heterocycles. The Balaban J connectivity index is 2.27. The summed E-state index contributed by atoms with van der Waals surface area (Å²) in [5, 5.41) is 7.28. The summed E-state index contributed by atoms with van der Waals surface area (Å²) in [5.74, 6) is 0.321. The van der Waals surface area contributed by atoms with Crippen LogP contribution >= 0.6 is 28.1 Å². The molecule has 0 unspecified atom stereocenters. The maximum Gasteiger partial charge on any atom is 0.339 e. The number of aryl methyl sites for hydroxylation is 1. The molecule has 0 saturated carbocycles. The van der Waals surface area contributed by atoms with E-state index < -0.39 is 10.1 Å². The minimum absolute atomic E-state index is 0.0535. The summed E-state index contributed by atoms with van der Waals surface area (Å²) in [6.45, 7) is 8.09. The van der Waals surface area contributed by atoms with Crippen LogP contribution in [0, 0.1) is 6.92 Å². The lowest BCUT2D eigenvalue weighted by molar-refractivity contribution is 0.327. The fourth-order valence-corrected chi connectivity index (χ4v) is 3.98. The van der Waals surface area contributed by atoms with E-state index in [-0.39, 0.29) is 16.4 Å². The number of rotatable bonds is 9. The molecule has 0 bridgehead atoms. The van der Waals surface area contributed by atoms with Crippen LogP contribution in [-0.2, 0) is 10.1 Å². The SMILES string of the molecule is C=CCNC(=S)NN=Cc1cc(Br)c(OS(=O)(=O)c2ccc(C)cc2)c(OCC)c1. The predicted octanol–water partition coefficient (Wildman–Crippen LogP) is 3.91. The van der Waals surface area contributed by atoms with Gasteiger partial charge in [-0.3, -0.25) is 5.43 Å². The maximum atomic E-state index is 12.7. The van der Waals surface area contributed by atoms with Gasteiger partial charge in [0.05, 0.1) is 17.3 Å². The molecule has 7 nitrogen and oxygen atoms in total. The van der Waals surface area contributed by atoms with E-state index in [0.717, 1.165) is 5.56 Å². The molecule has 2 rings (SSSR count). The summed E-state index contributed by atoms with van der Waals surface area (Å²) in [5.41, 5.74) is 4.26. The van der Waals surface area contributed by atoms with Crippen LogP contribution in [0.25, 0.3) is 0 Å². The summed E-state index contributed by atoms with van der Waals surface area (Å²) in [6.07, 6.45) is 3.19. The molecule has 0 spiro atoms. The molecule has 2 N–H and O–H groups in total. The number of benzene rings is 2. The van der Waals surface area contributed by atoms with Crippen molar-refractivity contribution in [1.82, 2.24) is 10.7 Å². The average Bonchev–Trinajstić information content (AvgIpc) is 2.69. The molecule has 0 atom stereocenters. The Labute approximate surface area is 190 Å². The zero-order valence-corrected chi connectivity index (χ0v) is 19.7. The first kappa shape index (κ1) is 23.8. The van der Waals surface area contributed by atoms with Crippen molar-refractivity contribution in [2.24, 2.45) is 5.10 Å². The van der Waals surface area contributed by atoms with Crippen molar-refractivity contribution >= 4 is 49.6 Å². The fraction of sp³-hybridized carbons (Fsp3) is 0.200. The van der Waals surface area contributed by atoms with Crippen molar-refractivity contribution in [1.29, 1.82) is 0 Å². The number of nitrogens with one attached hydrogen (secondary N) is 2. The fourth-order valence-electron chi connectivity index (χ4n) is 2.24.